The zero-order valence-corrected chi connectivity index (χ0v) is 17.1. The maximum atomic E-state index is 12.9. The number of fused-ring (bicyclic) bond motifs is 2. The van der Waals surface area contributed by atoms with Crippen molar-refractivity contribution in [3.05, 3.63) is 28.3 Å². The van der Waals surface area contributed by atoms with Crippen LogP contribution in [0, 0.1) is 5.41 Å². The average Bonchev–Trinajstić information content (AvgIpc) is 3.44. The standard InChI is InChI=1S/C20H25N5O3S/c26-29(27,25-10-20(11-25)7-8-28-12-20)19-22-18(23-24-19)21-17-15-5-1-3-13(15)9-14-4-2-6-16(14)17/h9H,1-8,10-12H2,(H2,21,22,23,24). The Morgan fingerprint density at radius 2 is 1.83 bits per heavy atom. The van der Waals surface area contributed by atoms with Gasteiger partial charge < -0.3 is 10.1 Å². The van der Waals surface area contributed by atoms with Crippen molar-refractivity contribution in [2.24, 2.45) is 5.41 Å². The zero-order chi connectivity index (χ0) is 19.6. The second-order valence-electron chi connectivity index (χ2n) is 8.90. The molecule has 2 aliphatic heterocycles. The summed E-state index contributed by atoms with van der Waals surface area (Å²) in [6.45, 7) is 2.36. The van der Waals surface area contributed by atoms with Crippen LogP contribution in [-0.4, -0.2) is 54.2 Å². The molecule has 2 N–H and O–H groups in total. The molecule has 154 valence electrons. The summed E-state index contributed by atoms with van der Waals surface area (Å²) in [7, 11) is -3.65. The van der Waals surface area contributed by atoms with Crippen molar-refractivity contribution in [1.29, 1.82) is 0 Å². The predicted molar refractivity (Wildman–Crippen MR) is 107 cm³/mol. The quantitative estimate of drug-likeness (QED) is 0.792. The van der Waals surface area contributed by atoms with Gasteiger partial charge >= 0.3 is 0 Å². The molecule has 0 bridgehead atoms. The van der Waals surface area contributed by atoms with E-state index in [4.69, 9.17) is 4.74 Å². The summed E-state index contributed by atoms with van der Waals surface area (Å²) in [6, 6.07) is 2.37. The van der Waals surface area contributed by atoms with Gasteiger partial charge in [-0.05, 0) is 67.2 Å². The van der Waals surface area contributed by atoms with Crippen LogP contribution >= 0.6 is 0 Å². The molecular formula is C20H25N5O3S. The first kappa shape index (κ1) is 17.9. The third-order valence-electron chi connectivity index (χ3n) is 6.97. The van der Waals surface area contributed by atoms with Crippen LogP contribution < -0.4 is 5.32 Å². The van der Waals surface area contributed by atoms with E-state index in [1.165, 1.54) is 39.4 Å². The van der Waals surface area contributed by atoms with Gasteiger partial charge in [0.1, 0.15) is 0 Å². The number of hydrogen-bond acceptors (Lipinski definition) is 6. The summed E-state index contributed by atoms with van der Waals surface area (Å²) in [4.78, 5) is 4.31. The largest absolute Gasteiger partial charge is 0.381 e. The van der Waals surface area contributed by atoms with Crippen LogP contribution in [0.2, 0.25) is 0 Å². The van der Waals surface area contributed by atoms with Crippen LogP contribution in [-0.2, 0) is 40.4 Å². The fourth-order valence-electron chi connectivity index (χ4n) is 5.39. The molecule has 1 aromatic carbocycles. The first-order valence-corrected chi connectivity index (χ1v) is 11.9. The number of ether oxygens (including phenoxy) is 1. The number of aromatic nitrogens is 3. The summed E-state index contributed by atoms with van der Waals surface area (Å²) in [6.07, 6.45) is 7.60. The molecule has 2 aromatic rings. The smallest absolute Gasteiger partial charge is 0.278 e. The van der Waals surface area contributed by atoms with Crippen molar-refractivity contribution in [3.8, 4) is 0 Å². The molecule has 0 radical (unpaired) electrons. The Hall–Kier alpha value is -1.97. The molecule has 2 aliphatic carbocycles. The van der Waals surface area contributed by atoms with E-state index in [9.17, 15) is 8.42 Å². The summed E-state index contributed by atoms with van der Waals surface area (Å²) in [5.74, 6) is 0.331. The van der Waals surface area contributed by atoms with Gasteiger partial charge in [-0.3, -0.25) is 0 Å². The molecule has 8 nitrogen and oxygen atoms in total. The molecule has 2 fully saturated rings. The highest BCUT2D eigenvalue weighted by atomic mass is 32.2. The van der Waals surface area contributed by atoms with E-state index in [0.717, 1.165) is 44.4 Å². The highest BCUT2D eigenvalue weighted by Crippen LogP contribution is 2.41. The minimum atomic E-state index is -3.65. The fraction of sp³-hybridized carbons (Fsp3) is 0.600. The van der Waals surface area contributed by atoms with Crippen LogP contribution in [0.5, 0.6) is 0 Å². The molecule has 1 spiro atoms. The first-order valence-electron chi connectivity index (χ1n) is 10.5. The lowest BCUT2D eigenvalue weighted by Gasteiger charge is -2.45. The average molecular weight is 416 g/mol. The number of H-pyrrole nitrogens is 1. The van der Waals surface area contributed by atoms with E-state index < -0.39 is 10.0 Å². The lowest BCUT2D eigenvalue weighted by Crippen LogP contribution is -2.58. The molecule has 0 unspecified atom stereocenters. The highest BCUT2D eigenvalue weighted by molar-refractivity contribution is 7.89. The van der Waals surface area contributed by atoms with Gasteiger partial charge in [-0.1, -0.05) is 6.07 Å². The molecule has 6 rings (SSSR count). The monoisotopic (exact) mass is 415 g/mol. The minimum absolute atomic E-state index is 0.000676. The Morgan fingerprint density at radius 3 is 2.48 bits per heavy atom. The van der Waals surface area contributed by atoms with E-state index in [0.29, 0.717) is 25.6 Å². The van der Waals surface area contributed by atoms with Crippen molar-refractivity contribution in [2.75, 3.05) is 31.6 Å². The summed E-state index contributed by atoms with van der Waals surface area (Å²) >= 11 is 0. The van der Waals surface area contributed by atoms with E-state index in [1.54, 1.807) is 0 Å². The Labute approximate surface area is 170 Å². The van der Waals surface area contributed by atoms with Gasteiger partial charge in [-0.2, -0.15) is 9.29 Å². The molecule has 2 saturated heterocycles. The molecule has 4 aliphatic rings. The summed E-state index contributed by atoms with van der Waals surface area (Å²) < 4.78 is 32.8. The third kappa shape index (κ3) is 2.74. The van der Waals surface area contributed by atoms with Crippen molar-refractivity contribution < 1.29 is 13.2 Å². The highest BCUT2D eigenvalue weighted by Gasteiger charge is 2.51. The number of anilines is 2. The SMILES string of the molecule is O=S(=O)(c1nc(Nc2c3c(cc4c2CCC4)CCC3)n[nH]1)N1CC2(CCOC2)C1. The summed E-state index contributed by atoms with van der Waals surface area (Å²) in [5.41, 5.74) is 6.65. The molecule has 0 saturated carbocycles. The Balaban J connectivity index is 1.26. The van der Waals surface area contributed by atoms with Gasteiger partial charge in [0.05, 0.1) is 6.61 Å². The van der Waals surface area contributed by atoms with Crippen LogP contribution in [0.1, 0.15) is 41.5 Å². The minimum Gasteiger partial charge on any atom is -0.381 e. The van der Waals surface area contributed by atoms with E-state index in [1.807, 2.05) is 0 Å². The number of rotatable bonds is 4. The van der Waals surface area contributed by atoms with E-state index in [2.05, 4.69) is 26.6 Å². The second-order valence-corrected chi connectivity index (χ2v) is 10.8. The van der Waals surface area contributed by atoms with Crippen LogP contribution in [0.4, 0.5) is 11.6 Å². The molecule has 0 amide bonds. The van der Waals surface area contributed by atoms with Gasteiger partial charge in [-0.25, -0.2) is 13.5 Å². The lowest BCUT2D eigenvalue weighted by molar-refractivity contribution is 0.0509. The number of aromatic amines is 1. The first-order chi connectivity index (χ1) is 14.0. The zero-order valence-electron chi connectivity index (χ0n) is 16.3. The van der Waals surface area contributed by atoms with Crippen LogP contribution in [0.25, 0.3) is 0 Å². The van der Waals surface area contributed by atoms with Gasteiger partial charge in [0, 0.05) is 30.8 Å². The van der Waals surface area contributed by atoms with Gasteiger partial charge in [-0.15, -0.1) is 5.10 Å². The molecule has 3 heterocycles. The van der Waals surface area contributed by atoms with Gasteiger partial charge in [0.2, 0.25) is 5.95 Å². The topological polar surface area (TPSA) is 100 Å². The van der Waals surface area contributed by atoms with Crippen LogP contribution in [0.15, 0.2) is 11.2 Å². The number of hydrogen-bond donors (Lipinski definition) is 2. The molecule has 29 heavy (non-hydrogen) atoms. The molecule has 9 heteroatoms. The van der Waals surface area contributed by atoms with Gasteiger partial charge in [0.25, 0.3) is 15.2 Å². The number of aryl methyl sites for hydroxylation is 2. The summed E-state index contributed by atoms with van der Waals surface area (Å²) in [5, 5.41) is 10.1. The number of nitrogens with zero attached hydrogens (tertiary/aromatic N) is 3. The Bertz CT molecular complexity index is 1050. The van der Waals surface area contributed by atoms with Gasteiger partial charge in [0.15, 0.2) is 0 Å². The number of sulfonamides is 1. The van der Waals surface area contributed by atoms with Crippen molar-refractivity contribution in [1.82, 2.24) is 19.5 Å². The normalized spacial score (nSPS) is 22.6. The third-order valence-corrected chi connectivity index (χ3v) is 8.58. The molecule has 0 atom stereocenters. The van der Waals surface area contributed by atoms with E-state index in [-0.39, 0.29) is 10.6 Å². The van der Waals surface area contributed by atoms with Crippen molar-refractivity contribution in [3.63, 3.8) is 0 Å². The lowest BCUT2D eigenvalue weighted by atomic mass is 9.81. The Morgan fingerprint density at radius 1 is 1.10 bits per heavy atom. The fourth-order valence-corrected chi connectivity index (χ4v) is 6.89. The van der Waals surface area contributed by atoms with Crippen LogP contribution in [0.3, 0.4) is 0 Å². The second kappa shape index (κ2) is 6.26. The van der Waals surface area contributed by atoms with Crippen molar-refractivity contribution in [2.45, 2.75) is 50.1 Å². The maximum absolute atomic E-state index is 12.9. The Kier molecular flexibility index (Phi) is 3.86. The number of benzene rings is 1. The maximum Gasteiger partial charge on any atom is 0.278 e. The molecule has 1 aromatic heterocycles. The van der Waals surface area contributed by atoms with Crippen molar-refractivity contribution >= 4 is 21.7 Å². The number of nitrogens with one attached hydrogen (secondary N) is 2. The molecular weight excluding hydrogens is 390 g/mol. The predicted octanol–water partition coefficient (Wildman–Crippen LogP) is 1.94. The van der Waals surface area contributed by atoms with E-state index >= 15 is 0 Å².